The Morgan fingerprint density at radius 2 is 2.04 bits per heavy atom. The lowest BCUT2D eigenvalue weighted by atomic mass is 9.63. The zero-order chi connectivity index (χ0) is 18.3. The van der Waals surface area contributed by atoms with Crippen LogP contribution in [0, 0.1) is 0 Å². The lowest BCUT2D eigenvalue weighted by Gasteiger charge is -2.44. The molecule has 138 valence electrons. The van der Waals surface area contributed by atoms with E-state index in [2.05, 4.69) is 5.10 Å². The van der Waals surface area contributed by atoms with Crippen LogP contribution in [-0.2, 0) is 23.3 Å². The van der Waals surface area contributed by atoms with E-state index in [1.54, 1.807) is 0 Å². The highest BCUT2D eigenvalue weighted by molar-refractivity contribution is 6.30. The third-order valence-electron chi connectivity index (χ3n) is 5.85. The number of aliphatic hydroxyl groups excluding tert-OH is 1. The second kappa shape index (κ2) is 6.71. The highest BCUT2D eigenvalue weighted by Gasteiger charge is 2.48. The number of halogens is 1. The maximum atomic E-state index is 13.4. The van der Waals surface area contributed by atoms with Gasteiger partial charge in [-0.3, -0.25) is 9.48 Å². The molecule has 0 radical (unpaired) electrons. The van der Waals surface area contributed by atoms with Crippen molar-refractivity contribution in [1.82, 2.24) is 14.7 Å². The first-order chi connectivity index (χ1) is 12.5. The van der Waals surface area contributed by atoms with Crippen LogP contribution >= 0.6 is 11.6 Å². The van der Waals surface area contributed by atoms with Gasteiger partial charge in [0, 0.05) is 11.6 Å². The van der Waals surface area contributed by atoms with Crippen LogP contribution < -0.4 is 0 Å². The van der Waals surface area contributed by atoms with Gasteiger partial charge in [-0.15, -0.1) is 0 Å². The number of carbonyl (C=O) groups is 1. The monoisotopic (exact) mass is 373 g/mol. The van der Waals surface area contributed by atoms with Crippen LogP contribution in [0.3, 0.4) is 0 Å². The normalized spacial score (nSPS) is 19.6. The molecule has 5 nitrogen and oxygen atoms in total. The second-order valence-electron chi connectivity index (χ2n) is 7.38. The third kappa shape index (κ3) is 2.83. The predicted molar refractivity (Wildman–Crippen MR) is 99.9 cm³/mol. The fraction of sp³-hybridized carbons (Fsp3) is 0.500. The average Bonchev–Trinajstić information content (AvgIpc) is 3.04. The molecule has 0 spiro atoms. The summed E-state index contributed by atoms with van der Waals surface area (Å²) in [6, 6.07) is 9.65. The number of rotatable bonds is 4. The molecule has 1 fully saturated rings. The smallest absolute Gasteiger partial charge is 0.233 e. The summed E-state index contributed by atoms with van der Waals surface area (Å²) in [6.45, 7) is 3.82. The van der Waals surface area contributed by atoms with Gasteiger partial charge in [-0.25, -0.2) is 0 Å². The molecule has 1 amide bonds. The number of fused-ring (bicyclic) bond motifs is 1. The lowest BCUT2D eigenvalue weighted by Crippen LogP contribution is -2.52. The fourth-order valence-electron chi connectivity index (χ4n) is 4.06. The number of hydrogen-bond acceptors (Lipinski definition) is 3. The molecular formula is C20H24ClN3O2. The van der Waals surface area contributed by atoms with Crippen molar-refractivity contribution in [3.63, 3.8) is 0 Å². The predicted octanol–water partition coefficient (Wildman–Crippen LogP) is 3.44. The number of aromatic nitrogens is 2. The molecule has 1 aromatic heterocycles. The summed E-state index contributed by atoms with van der Waals surface area (Å²) in [5.74, 6) is 0.205. The van der Waals surface area contributed by atoms with Crippen LogP contribution in [-0.4, -0.2) is 32.2 Å². The van der Waals surface area contributed by atoms with Gasteiger partial charge in [0.05, 0.1) is 36.0 Å². The third-order valence-corrected chi connectivity index (χ3v) is 6.10. The molecule has 1 unspecified atom stereocenters. The standard InChI is InChI=1S/C20H24ClN3O2/c1-2-18(25)17-12-16-13-23(10-11-24(16)22-17)19(26)20(8-3-9-20)14-4-6-15(21)7-5-14/h4-7,12,18,25H,2-3,8-11,13H2,1H3. The van der Waals surface area contributed by atoms with Crippen LogP contribution in [0.25, 0.3) is 0 Å². The first kappa shape index (κ1) is 17.6. The summed E-state index contributed by atoms with van der Waals surface area (Å²) in [5, 5.41) is 15.2. The summed E-state index contributed by atoms with van der Waals surface area (Å²) in [7, 11) is 0. The molecule has 26 heavy (non-hydrogen) atoms. The Kier molecular flexibility index (Phi) is 4.53. The van der Waals surface area contributed by atoms with E-state index in [1.165, 1.54) is 0 Å². The minimum Gasteiger partial charge on any atom is -0.387 e. The summed E-state index contributed by atoms with van der Waals surface area (Å²) < 4.78 is 1.92. The number of benzene rings is 1. The van der Waals surface area contributed by atoms with E-state index < -0.39 is 11.5 Å². The van der Waals surface area contributed by atoms with Crippen LogP contribution in [0.4, 0.5) is 0 Å². The maximum absolute atomic E-state index is 13.4. The molecule has 2 aliphatic rings. The molecule has 1 atom stereocenters. The summed E-state index contributed by atoms with van der Waals surface area (Å²) in [6.07, 6.45) is 2.96. The van der Waals surface area contributed by atoms with Crippen molar-refractivity contribution >= 4 is 17.5 Å². The van der Waals surface area contributed by atoms with Crippen molar-refractivity contribution < 1.29 is 9.90 Å². The highest BCUT2D eigenvalue weighted by Crippen LogP contribution is 2.46. The van der Waals surface area contributed by atoms with Crippen molar-refractivity contribution in [2.45, 2.75) is 57.2 Å². The zero-order valence-corrected chi connectivity index (χ0v) is 15.7. The van der Waals surface area contributed by atoms with Gasteiger partial charge in [0.1, 0.15) is 0 Å². The van der Waals surface area contributed by atoms with Gasteiger partial charge < -0.3 is 10.0 Å². The quantitative estimate of drug-likeness (QED) is 0.893. The molecule has 6 heteroatoms. The molecular weight excluding hydrogens is 350 g/mol. The minimum atomic E-state index is -0.538. The largest absolute Gasteiger partial charge is 0.387 e. The molecule has 1 aromatic carbocycles. The Bertz CT molecular complexity index is 811. The van der Waals surface area contributed by atoms with Crippen LogP contribution in [0.15, 0.2) is 30.3 Å². The lowest BCUT2D eigenvalue weighted by molar-refractivity contribution is -0.142. The fourth-order valence-corrected chi connectivity index (χ4v) is 4.19. The Morgan fingerprint density at radius 1 is 1.31 bits per heavy atom. The Balaban J connectivity index is 1.57. The van der Waals surface area contributed by atoms with Gasteiger partial charge in [-0.2, -0.15) is 5.10 Å². The number of aliphatic hydroxyl groups is 1. The number of hydrogen-bond donors (Lipinski definition) is 1. The van der Waals surface area contributed by atoms with Gasteiger partial charge in [0.15, 0.2) is 0 Å². The zero-order valence-electron chi connectivity index (χ0n) is 15.0. The molecule has 2 aromatic rings. The Hall–Kier alpha value is -1.85. The maximum Gasteiger partial charge on any atom is 0.233 e. The molecule has 1 saturated carbocycles. The van der Waals surface area contributed by atoms with Crippen molar-refractivity contribution in [2.75, 3.05) is 6.54 Å². The molecule has 4 rings (SSSR count). The van der Waals surface area contributed by atoms with Gasteiger partial charge in [0.25, 0.3) is 0 Å². The van der Waals surface area contributed by atoms with E-state index in [0.717, 1.165) is 30.5 Å². The SMILES string of the molecule is CCC(O)c1cc2n(n1)CCN(C(=O)C1(c3ccc(Cl)cc3)CCC1)C2. The molecule has 1 aliphatic carbocycles. The van der Waals surface area contributed by atoms with Crippen molar-refractivity contribution in [2.24, 2.45) is 0 Å². The van der Waals surface area contributed by atoms with Gasteiger partial charge in [0.2, 0.25) is 5.91 Å². The van der Waals surface area contributed by atoms with E-state index >= 15 is 0 Å². The number of nitrogens with zero attached hydrogens (tertiary/aromatic N) is 3. The van der Waals surface area contributed by atoms with Crippen LogP contribution in [0.1, 0.15) is 55.7 Å². The first-order valence-electron chi connectivity index (χ1n) is 9.33. The minimum absolute atomic E-state index is 0.205. The highest BCUT2D eigenvalue weighted by atomic mass is 35.5. The summed E-state index contributed by atoms with van der Waals surface area (Å²) in [5.41, 5.74) is 2.36. The van der Waals surface area contributed by atoms with E-state index in [0.29, 0.717) is 36.8 Å². The Morgan fingerprint density at radius 3 is 2.65 bits per heavy atom. The Labute approximate surface area is 158 Å². The van der Waals surface area contributed by atoms with Gasteiger partial charge in [-0.05, 0) is 43.0 Å². The molecule has 2 heterocycles. The van der Waals surface area contributed by atoms with E-state index in [-0.39, 0.29) is 5.91 Å². The summed E-state index contributed by atoms with van der Waals surface area (Å²) in [4.78, 5) is 15.4. The summed E-state index contributed by atoms with van der Waals surface area (Å²) >= 11 is 6.02. The van der Waals surface area contributed by atoms with Crippen molar-refractivity contribution in [3.8, 4) is 0 Å². The van der Waals surface area contributed by atoms with E-state index in [1.807, 2.05) is 46.8 Å². The average molecular weight is 374 g/mol. The molecule has 1 aliphatic heterocycles. The van der Waals surface area contributed by atoms with E-state index in [4.69, 9.17) is 11.6 Å². The van der Waals surface area contributed by atoms with Gasteiger partial charge >= 0.3 is 0 Å². The van der Waals surface area contributed by atoms with Gasteiger partial charge in [-0.1, -0.05) is 37.1 Å². The topological polar surface area (TPSA) is 58.4 Å². The number of carbonyl (C=O) groups excluding carboxylic acids is 1. The molecule has 0 saturated heterocycles. The van der Waals surface area contributed by atoms with Crippen LogP contribution in [0.2, 0.25) is 5.02 Å². The first-order valence-corrected chi connectivity index (χ1v) is 9.71. The number of amides is 1. The van der Waals surface area contributed by atoms with E-state index in [9.17, 15) is 9.90 Å². The van der Waals surface area contributed by atoms with Crippen LogP contribution in [0.5, 0.6) is 0 Å². The second-order valence-corrected chi connectivity index (χ2v) is 7.81. The molecule has 1 N–H and O–H groups in total. The molecule has 0 bridgehead atoms. The van der Waals surface area contributed by atoms with Crippen molar-refractivity contribution in [1.29, 1.82) is 0 Å². The van der Waals surface area contributed by atoms with Crippen molar-refractivity contribution in [3.05, 3.63) is 52.3 Å².